The second-order valence-corrected chi connectivity index (χ2v) is 8.74. The van der Waals surface area contributed by atoms with E-state index in [1.54, 1.807) is 12.1 Å². The molecule has 1 aromatic heterocycles. The normalized spacial score (nSPS) is 10.9. The van der Waals surface area contributed by atoms with Crippen LogP contribution in [0.15, 0.2) is 71.9 Å². The summed E-state index contributed by atoms with van der Waals surface area (Å²) >= 11 is 13.1. The first kappa shape index (κ1) is 22.3. The van der Waals surface area contributed by atoms with E-state index in [-0.39, 0.29) is 16.7 Å². The predicted octanol–water partition coefficient (Wildman–Crippen LogP) is 6.42. The number of nitrogens with one attached hydrogen (secondary N) is 1. The van der Waals surface area contributed by atoms with E-state index < -0.39 is 5.82 Å². The molecule has 0 saturated heterocycles. The number of carbonyl (C=O) groups excluding carboxylic acids is 1. The smallest absolute Gasteiger partial charge is 0.234 e. The third kappa shape index (κ3) is 5.12. The fourth-order valence-corrected chi connectivity index (χ4v) is 4.12. The number of hydrogen-bond acceptors (Lipinski definition) is 4. The van der Waals surface area contributed by atoms with Gasteiger partial charge in [-0.2, -0.15) is 0 Å². The lowest BCUT2D eigenvalue weighted by Gasteiger charge is -2.11. The molecule has 1 heterocycles. The second kappa shape index (κ2) is 9.73. The van der Waals surface area contributed by atoms with Crippen LogP contribution in [0.1, 0.15) is 5.56 Å². The van der Waals surface area contributed by atoms with Crippen LogP contribution in [0, 0.1) is 12.7 Å². The third-order valence-corrected chi connectivity index (χ3v) is 6.00. The van der Waals surface area contributed by atoms with Crippen LogP contribution in [-0.2, 0) is 4.79 Å². The molecule has 4 aromatic rings. The average molecular weight is 487 g/mol. The van der Waals surface area contributed by atoms with Crippen molar-refractivity contribution < 1.29 is 9.18 Å². The van der Waals surface area contributed by atoms with Gasteiger partial charge in [0.15, 0.2) is 11.0 Å². The fourth-order valence-electron chi connectivity index (χ4n) is 3.06. The van der Waals surface area contributed by atoms with Crippen molar-refractivity contribution in [2.45, 2.75) is 12.1 Å². The van der Waals surface area contributed by atoms with Gasteiger partial charge in [0.25, 0.3) is 0 Å². The highest BCUT2D eigenvalue weighted by atomic mass is 35.5. The van der Waals surface area contributed by atoms with Gasteiger partial charge in [0.1, 0.15) is 5.82 Å². The van der Waals surface area contributed by atoms with Gasteiger partial charge in [0, 0.05) is 22.0 Å². The Kier molecular flexibility index (Phi) is 6.79. The van der Waals surface area contributed by atoms with E-state index in [9.17, 15) is 9.18 Å². The third-order valence-electron chi connectivity index (χ3n) is 4.53. The predicted molar refractivity (Wildman–Crippen MR) is 127 cm³/mol. The highest BCUT2D eigenvalue weighted by molar-refractivity contribution is 7.99. The number of anilines is 1. The molecule has 162 valence electrons. The summed E-state index contributed by atoms with van der Waals surface area (Å²) in [4.78, 5) is 12.5. The molecule has 0 saturated carbocycles. The van der Waals surface area contributed by atoms with Crippen LogP contribution >= 0.6 is 35.0 Å². The van der Waals surface area contributed by atoms with Gasteiger partial charge in [0.05, 0.1) is 10.8 Å². The van der Waals surface area contributed by atoms with Crippen LogP contribution in [0.5, 0.6) is 0 Å². The van der Waals surface area contributed by atoms with Crippen LogP contribution < -0.4 is 5.32 Å². The number of rotatable bonds is 6. The molecule has 3 aromatic carbocycles. The van der Waals surface area contributed by atoms with Crippen molar-refractivity contribution in [1.82, 2.24) is 14.8 Å². The zero-order valence-corrected chi connectivity index (χ0v) is 19.2. The summed E-state index contributed by atoms with van der Waals surface area (Å²) in [6, 6.07) is 19.3. The summed E-state index contributed by atoms with van der Waals surface area (Å²) in [5.41, 5.74) is 3.25. The molecule has 0 aliphatic heterocycles. The van der Waals surface area contributed by atoms with E-state index in [0.29, 0.717) is 21.7 Å². The Hall–Kier alpha value is -2.87. The van der Waals surface area contributed by atoms with Gasteiger partial charge in [-0.3, -0.25) is 9.36 Å². The first-order chi connectivity index (χ1) is 15.4. The maximum Gasteiger partial charge on any atom is 0.234 e. The van der Waals surface area contributed by atoms with E-state index in [1.165, 1.54) is 30.0 Å². The maximum absolute atomic E-state index is 13.3. The van der Waals surface area contributed by atoms with Crippen molar-refractivity contribution >= 4 is 46.6 Å². The summed E-state index contributed by atoms with van der Waals surface area (Å²) < 4.78 is 15.2. The summed E-state index contributed by atoms with van der Waals surface area (Å²) in [5.74, 6) is -0.0855. The number of halogens is 3. The fraction of sp³-hybridized carbons (Fsp3) is 0.0870. The minimum absolute atomic E-state index is 0.0549. The first-order valence-electron chi connectivity index (χ1n) is 9.57. The highest BCUT2D eigenvalue weighted by Gasteiger charge is 2.18. The van der Waals surface area contributed by atoms with Gasteiger partial charge in [-0.15, -0.1) is 10.2 Å². The van der Waals surface area contributed by atoms with Gasteiger partial charge in [-0.1, -0.05) is 58.7 Å². The minimum Gasteiger partial charge on any atom is -0.325 e. The van der Waals surface area contributed by atoms with Crippen molar-refractivity contribution in [2.75, 3.05) is 11.1 Å². The van der Waals surface area contributed by atoms with Crippen molar-refractivity contribution in [3.63, 3.8) is 0 Å². The van der Waals surface area contributed by atoms with Crippen LogP contribution in [0.4, 0.5) is 10.1 Å². The molecule has 0 atom stereocenters. The quantitative estimate of drug-likeness (QED) is 0.319. The summed E-state index contributed by atoms with van der Waals surface area (Å²) in [5, 5.41) is 12.5. The second-order valence-electron chi connectivity index (χ2n) is 6.95. The number of thioether (sulfide) groups is 1. The number of hydrogen-bond donors (Lipinski definition) is 1. The number of nitrogens with zero attached hydrogens (tertiary/aromatic N) is 3. The topological polar surface area (TPSA) is 59.8 Å². The number of benzene rings is 3. The maximum atomic E-state index is 13.3. The Morgan fingerprint density at radius 3 is 2.56 bits per heavy atom. The van der Waals surface area contributed by atoms with Crippen LogP contribution in [0.3, 0.4) is 0 Å². The molecule has 9 heteroatoms. The van der Waals surface area contributed by atoms with E-state index in [2.05, 4.69) is 15.5 Å². The Labute approximate surface area is 198 Å². The Morgan fingerprint density at radius 1 is 1.06 bits per heavy atom. The van der Waals surface area contributed by atoms with Gasteiger partial charge >= 0.3 is 0 Å². The summed E-state index contributed by atoms with van der Waals surface area (Å²) in [7, 11) is 0. The lowest BCUT2D eigenvalue weighted by Crippen LogP contribution is -2.14. The lowest BCUT2D eigenvalue weighted by molar-refractivity contribution is -0.113. The average Bonchev–Trinajstić information content (AvgIpc) is 3.19. The van der Waals surface area contributed by atoms with E-state index in [1.807, 2.05) is 47.9 Å². The molecule has 32 heavy (non-hydrogen) atoms. The molecule has 0 aliphatic carbocycles. The molecular weight excluding hydrogens is 470 g/mol. The monoisotopic (exact) mass is 486 g/mol. The molecular formula is C23H17Cl2FN4OS. The van der Waals surface area contributed by atoms with Gasteiger partial charge < -0.3 is 5.32 Å². The molecule has 5 nitrogen and oxygen atoms in total. The Balaban J connectivity index is 1.60. The van der Waals surface area contributed by atoms with Crippen molar-refractivity contribution in [3.8, 4) is 17.1 Å². The Bertz CT molecular complexity index is 1280. The summed E-state index contributed by atoms with van der Waals surface area (Å²) in [6.45, 7) is 2.01. The van der Waals surface area contributed by atoms with E-state index >= 15 is 0 Å². The number of amides is 1. The number of carbonyl (C=O) groups is 1. The molecule has 0 radical (unpaired) electrons. The largest absolute Gasteiger partial charge is 0.325 e. The SMILES string of the molecule is Cc1cccc(-c2nnc(SCC(=O)Nc3ccc(F)c(Cl)c3)n2-c2ccc(Cl)cc2)c1. The van der Waals surface area contributed by atoms with Crippen LogP contribution in [0.2, 0.25) is 10.0 Å². The van der Waals surface area contributed by atoms with Gasteiger partial charge in [-0.05, 0) is 55.5 Å². The molecule has 0 spiro atoms. The summed E-state index contributed by atoms with van der Waals surface area (Å²) in [6.07, 6.45) is 0. The molecule has 1 amide bonds. The van der Waals surface area contributed by atoms with Crippen LogP contribution in [-0.4, -0.2) is 26.4 Å². The standard InChI is InChI=1S/C23H17Cl2FN4OS/c1-14-3-2-4-15(11-14)22-28-29-23(30(22)18-8-5-16(24)6-9-18)32-13-21(31)27-17-7-10-20(26)19(25)12-17/h2-12H,13H2,1H3,(H,27,31). The molecule has 0 unspecified atom stereocenters. The van der Waals surface area contributed by atoms with Crippen molar-refractivity contribution in [1.29, 1.82) is 0 Å². The van der Waals surface area contributed by atoms with Crippen LogP contribution in [0.25, 0.3) is 17.1 Å². The zero-order chi connectivity index (χ0) is 22.7. The zero-order valence-electron chi connectivity index (χ0n) is 16.8. The minimum atomic E-state index is -0.543. The van der Waals surface area contributed by atoms with E-state index in [4.69, 9.17) is 23.2 Å². The van der Waals surface area contributed by atoms with Crippen molar-refractivity contribution in [2.24, 2.45) is 0 Å². The van der Waals surface area contributed by atoms with Crippen molar-refractivity contribution in [3.05, 3.63) is 88.2 Å². The molecule has 0 aliphatic rings. The highest BCUT2D eigenvalue weighted by Crippen LogP contribution is 2.29. The number of aromatic nitrogens is 3. The first-order valence-corrected chi connectivity index (χ1v) is 11.3. The lowest BCUT2D eigenvalue weighted by atomic mass is 10.1. The molecule has 0 fully saturated rings. The molecule has 4 rings (SSSR count). The Morgan fingerprint density at radius 2 is 1.84 bits per heavy atom. The van der Waals surface area contributed by atoms with E-state index in [0.717, 1.165) is 16.8 Å². The molecule has 1 N–H and O–H groups in total. The number of aryl methyl sites for hydroxylation is 1. The van der Waals surface area contributed by atoms with Gasteiger partial charge in [0.2, 0.25) is 5.91 Å². The molecule has 0 bridgehead atoms. The van der Waals surface area contributed by atoms with Gasteiger partial charge in [-0.25, -0.2) is 4.39 Å².